The molecule has 0 saturated carbocycles. The second-order valence-corrected chi connectivity index (χ2v) is 3.82. The summed E-state index contributed by atoms with van der Waals surface area (Å²) in [5, 5.41) is 13.9. The topological polar surface area (TPSA) is 70.6 Å². The maximum Gasteiger partial charge on any atom is 0.419 e. The van der Waals surface area contributed by atoms with E-state index in [0.717, 1.165) is 6.07 Å². The largest absolute Gasteiger partial charge is 0.419 e. The fourth-order valence-electron chi connectivity index (χ4n) is 1.49. The van der Waals surface area contributed by atoms with Crippen LogP contribution >= 0.6 is 0 Å². The molecule has 0 spiro atoms. The van der Waals surface area contributed by atoms with Gasteiger partial charge in [0, 0.05) is 5.69 Å². The fourth-order valence-corrected chi connectivity index (χ4v) is 1.49. The number of nitrogens with one attached hydrogen (secondary N) is 1. The minimum Gasteiger partial charge on any atom is -0.409 e. The SMILES string of the molecule is CCC(Nc1ccc(F)c(C(F)(F)F)c1)C(N)=NO. The van der Waals surface area contributed by atoms with Crippen LogP contribution in [0.4, 0.5) is 23.2 Å². The van der Waals surface area contributed by atoms with Gasteiger partial charge in [0.05, 0.1) is 11.6 Å². The molecule has 0 bridgehead atoms. The summed E-state index contributed by atoms with van der Waals surface area (Å²) in [6.07, 6.45) is -4.39. The highest BCUT2D eigenvalue weighted by Gasteiger charge is 2.34. The highest BCUT2D eigenvalue weighted by atomic mass is 19.4. The first-order valence-corrected chi connectivity index (χ1v) is 5.40. The summed E-state index contributed by atoms with van der Waals surface area (Å²) in [4.78, 5) is 0. The van der Waals surface area contributed by atoms with Crippen LogP contribution in [0.15, 0.2) is 23.4 Å². The number of hydrogen-bond acceptors (Lipinski definition) is 3. The van der Waals surface area contributed by atoms with Gasteiger partial charge in [-0.05, 0) is 24.6 Å². The summed E-state index contributed by atoms with van der Waals surface area (Å²) in [7, 11) is 0. The van der Waals surface area contributed by atoms with E-state index in [2.05, 4.69) is 10.5 Å². The van der Waals surface area contributed by atoms with E-state index in [-0.39, 0.29) is 11.5 Å². The number of nitrogens with zero attached hydrogens (tertiary/aromatic N) is 1. The zero-order valence-corrected chi connectivity index (χ0v) is 10.0. The summed E-state index contributed by atoms with van der Waals surface area (Å²) in [6.45, 7) is 1.70. The first-order chi connectivity index (χ1) is 8.79. The van der Waals surface area contributed by atoms with Gasteiger partial charge in [0.25, 0.3) is 0 Å². The molecule has 0 aliphatic heterocycles. The molecule has 1 unspecified atom stereocenters. The number of amidine groups is 1. The van der Waals surface area contributed by atoms with Gasteiger partial charge in [-0.15, -0.1) is 0 Å². The van der Waals surface area contributed by atoms with E-state index in [0.29, 0.717) is 18.6 Å². The molecule has 106 valence electrons. The summed E-state index contributed by atoms with van der Waals surface area (Å²) in [5.41, 5.74) is 4.04. The van der Waals surface area contributed by atoms with Crippen molar-refractivity contribution < 1.29 is 22.8 Å². The molecule has 0 fully saturated rings. The van der Waals surface area contributed by atoms with Crippen molar-refractivity contribution >= 4 is 11.5 Å². The second-order valence-electron chi connectivity index (χ2n) is 3.82. The quantitative estimate of drug-likeness (QED) is 0.261. The lowest BCUT2D eigenvalue weighted by molar-refractivity contribution is -0.139. The summed E-state index contributed by atoms with van der Waals surface area (Å²) in [6, 6.07) is 1.86. The van der Waals surface area contributed by atoms with Crippen LogP contribution in [0.1, 0.15) is 18.9 Å². The Labute approximate surface area is 106 Å². The van der Waals surface area contributed by atoms with Gasteiger partial charge in [-0.1, -0.05) is 12.1 Å². The molecule has 0 heterocycles. The Balaban J connectivity index is 3.03. The molecule has 0 saturated heterocycles. The van der Waals surface area contributed by atoms with Gasteiger partial charge in [-0.25, -0.2) is 4.39 Å². The monoisotopic (exact) mass is 279 g/mol. The molecule has 0 amide bonds. The van der Waals surface area contributed by atoms with Crippen molar-refractivity contribution in [2.24, 2.45) is 10.9 Å². The van der Waals surface area contributed by atoms with Gasteiger partial charge in [0.1, 0.15) is 5.82 Å². The van der Waals surface area contributed by atoms with Gasteiger partial charge >= 0.3 is 6.18 Å². The van der Waals surface area contributed by atoms with Crippen LogP contribution in [-0.2, 0) is 6.18 Å². The molecule has 1 aromatic rings. The molecule has 4 nitrogen and oxygen atoms in total. The Morgan fingerprint density at radius 2 is 2.11 bits per heavy atom. The van der Waals surface area contributed by atoms with Gasteiger partial charge in [0.2, 0.25) is 0 Å². The first kappa shape index (κ1) is 15.1. The number of alkyl halides is 3. The molecular formula is C11H13F4N3O. The zero-order valence-electron chi connectivity index (χ0n) is 10.0. The summed E-state index contributed by atoms with van der Waals surface area (Å²) < 4.78 is 50.6. The van der Waals surface area contributed by atoms with Gasteiger partial charge in [-0.2, -0.15) is 13.2 Å². The molecule has 1 aromatic carbocycles. The summed E-state index contributed by atoms with van der Waals surface area (Å²) in [5.74, 6) is -1.52. The van der Waals surface area contributed by atoms with E-state index >= 15 is 0 Å². The van der Waals surface area contributed by atoms with Crippen LogP contribution in [0, 0.1) is 5.82 Å². The third kappa shape index (κ3) is 3.73. The lowest BCUT2D eigenvalue weighted by Crippen LogP contribution is -2.35. The Bertz CT molecular complexity index is 473. The summed E-state index contributed by atoms with van der Waals surface area (Å²) >= 11 is 0. The molecule has 1 atom stereocenters. The normalized spacial score (nSPS) is 14.3. The highest BCUT2D eigenvalue weighted by molar-refractivity contribution is 5.87. The zero-order chi connectivity index (χ0) is 14.6. The Kier molecular flexibility index (Phi) is 4.57. The minimum absolute atomic E-state index is 0.0344. The van der Waals surface area contributed by atoms with E-state index in [1.54, 1.807) is 6.92 Å². The minimum atomic E-state index is -4.78. The van der Waals surface area contributed by atoms with Crippen molar-refractivity contribution in [3.8, 4) is 0 Å². The van der Waals surface area contributed by atoms with Crippen LogP contribution < -0.4 is 11.1 Å². The standard InChI is InChI=1S/C11H13F4N3O/c1-2-9(10(16)18-19)17-6-3-4-8(12)7(5-6)11(13,14)15/h3-5,9,17,19H,2H2,1H3,(H2,16,18). The van der Waals surface area contributed by atoms with Crippen LogP contribution in [0.3, 0.4) is 0 Å². The van der Waals surface area contributed by atoms with E-state index in [9.17, 15) is 17.6 Å². The van der Waals surface area contributed by atoms with Crippen molar-refractivity contribution in [1.82, 2.24) is 0 Å². The van der Waals surface area contributed by atoms with E-state index in [1.807, 2.05) is 0 Å². The average Bonchev–Trinajstić information content (AvgIpc) is 2.35. The molecule has 0 radical (unpaired) electrons. The highest BCUT2D eigenvalue weighted by Crippen LogP contribution is 2.33. The van der Waals surface area contributed by atoms with E-state index < -0.39 is 23.6 Å². The molecular weight excluding hydrogens is 266 g/mol. The molecule has 0 aromatic heterocycles. The Morgan fingerprint density at radius 1 is 1.47 bits per heavy atom. The van der Waals surface area contributed by atoms with Crippen LogP contribution in [-0.4, -0.2) is 17.1 Å². The van der Waals surface area contributed by atoms with Gasteiger partial charge in [-0.3, -0.25) is 0 Å². The number of benzene rings is 1. The van der Waals surface area contributed by atoms with E-state index in [4.69, 9.17) is 10.9 Å². The molecule has 19 heavy (non-hydrogen) atoms. The van der Waals surface area contributed by atoms with Crippen molar-refractivity contribution in [2.75, 3.05) is 5.32 Å². The Morgan fingerprint density at radius 3 is 2.58 bits per heavy atom. The predicted octanol–water partition coefficient (Wildman–Crippen LogP) is 2.78. The fraction of sp³-hybridized carbons (Fsp3) is 0.364. The number of rotatable bonds is 4. The predicted molar refractivity (Wildman–Crippen MR) is 62.5 cm³/mol. The first-order valence-electron chi connectivity index (χ1n) is 5.40. The average molecular weight is 279 g/mol. The number of halogens is 4. The third-order valence-corrected chi connectivity index (χ3v) is 2.49. The van der Waals surface area contributed by atoms with Crippen molar-refractivity contribution in [1.29, 1.82) is 0 Å². The maximum atomic E-state index is 13.1. The molecule has 8 heteroatoms. The van der Waals surface area contributed by atoms with Gasteiger partial charge < -0.3 is 16.3 Å². The second kappa shape index (κ2) is 5.77. The maximum absolute atomic E-state index is 13.1. The van der Waals surface area contributed by atoms with Crippen LogP contribution in [0.25, 0.3) is 0 Å². The van der Waals surface area contributed by atoms with E-state index in [1.165, 1.54) is 0 Å². The lowest BCUT2D eigenvalue weighted by atomic mass is 10.1. The van der Waals surface area contributed by atoms with Crippen molar-refractivity contribution in [2.45, 2.75) is 25.6 Å². The van der Waals surface area contributed by atoms with Crippen molar-refractivity contribution in [3.05, 3.63) is 29.6 Å². The molecule has 0 aliphatic rings. The number of anilines is 1. The number of hydrogen-bond donors (Lipinski definition) is 3. The number of nitrogens with two attached hydrogens (primary N) is 1. The van der Waals surface area contributed by atoms with Crippen LogP contribution in [0.5, 0.6) is 0 Å². The molecule has 4 N–H and O–H groups in total. The molecule has 0 aliphatic carbocycles. The van der Waals surface area contributed by atoms with Crippen molar-refractivity contribution in [3.63, 3.8) is 0 Å². The smallest absolute Gasteiger partial charge is 0.409 e. The Hall–Kier alpha value is -1.99. The lowest BCUT2D eigenvalue weighted by Gasteiger charge is -2.18. The molecule has 1 rings (SSSR count). The third-order valence-electron chi connectivity index (χ3n) is 2.49. The van der Waals surface area contributed by atoms with Gasteiger partial charge in [0.15, 0.2) is 5.84 Å². The number of oxime groups is 1. The van der Waals surface area contributed by atoms with Crippen LogP contribution in [0.2, 0.25) is 0 Å².